The maximum absolute atomic E-state index is 6.10. The van der Waals surface area contributed by atoms with E-state index in [1.165, 1.54) is 0 Å². The summed E-state index contributed by atoms with van der Waals surface area (Å²) in [5.41, 5.74) is 4.02. The van der Waals surface area contributed by atoms with Crippen molar-refractivity contribution in [1.29, 1.82) is 0 Å². The number of nitrogens with one attached hydrogen (secondary N) is 2. The molecule has 0 amide bonds. The standard InChI is InChI=1S/C17H17Cl2N3O3S/c1-23-13-7-10(8-14(24-2)16(13)25-3)9-20-22-17(26)21-12-6-4-5-11(18)15(12)19/h4-9H,1-3H3,(H2,21,22,26). The number of thiocarbonyl (C=S) groups is 1. The lowest BCUT2D eigenvalue weighted by atomic mass is 10.2. The van der Waals surface area contributed by atoms with Crippen molar-refractivity contribution in [2.45, 2.75) is 0 Å². The van der Waals surface area contributed by atoms with Crippen LogP contribution in [0.25, 0.3) is 0 Å². The zero-order valence-electron chi connectivity index (χ0n) is 14.3. The van der Waals surface area contributed by atoms with Crippen molar-refractivity contribution in [3.05, 3.63) is 45.9 Å². The molecular formula is C17H17Cl2N3O3S. The Morgan fingerprint density at radius 2 is 1.73 bits per heavy atom. The summed E-state index contributed by atoms with van der Waals surface area (Å²) in [7, 11) is 4.63. The topological polar surface area (TPSA) is 64.1 Å². The molecule has 0 aliphatic rings. The van der Waals surface area contributed by atoms with Gasteiger partial charge in [0.2, 0.25) is 5.75 Å². The van der Waals surface area contributed by atoms with Crippen molar-refractivity contribution in [1.82, 2.24) is 5.43 Å². The van der Waals surface area contributed by atoms with Gasteiger partial charge in [0, 0.05) is 5.56 Å². The Hall–Kier alpha value is -2.22. The highest BCUT2D eigenvalue weighted by Gasteiger charge is 2.12. The molecule has 6 nitrogen and oxygen atoms in total. The molecule has 0 aliphatic carbocycles. The second-order valence-electron chi connectivity index (χ2n) is 4.88. The summed E-state index contributed by atoms with van der Waals surface area (Å²) in [4.78, 5) is 0. The van der Waals surface area contributed by atoms with Crippen LogP contribution in [0, 0.1) is 0 Å². The number of hydrogen-bond donors (Lipinski definition) is 2. The normalized spacial score (nSPS) is 10.5. The predicted octanol–water partition coefficient (Wildman–Crippen LogP) is 4.34. The van der Waals surface area contributed by atoms with Crippen LogP contribution in [-0.2, 0) is 0 Å². The molecule has 0 atom stereocenters. The van der Waals surface area contributed by atoms with Crippen LogP contribution in [0.1, 0.15) is 5.56 Å². The fourth-order valence-corrected chi connectivity index (χ4v) is 2.60. The molecule has 0 aliphatic heterocycles. The maximum Gasteiger partial charge on any atom is 0.203 e. The van der Waals surface area contributed by atoms with Crippen LogP contribution >= 0.6 is 35.4 Å². The molecule has 0 heterocycles. The zero-order chi connectivity index (χ0) is 19.1. The van der Waals surface area contributed by atoms with E-state index >= 15 is 0 Å². The summed E-state index contributed by atoms with van der Waals surface area (Å²) >= 11 is 17.3. The fraction of sp³-hybridized carbons (Fsp3) is 0.176. The number of ether oxygens (including phenoxy) is 3. The van der Waals surface area contributed by atoms with Gasteiger partial charge in [0.25, 0.3) is 0 Å². The van der Waals surface area contributed by atoms with E-state index in [9.17, 15) is 0 Å². The van der Waals surface area contributed by atoms with E-state index in [0.29, 0.717) is 33.0 Å². The Balaban J connectivity index is 2.08. The van der Waals surface area contributed by atoms with Crippen LogP contribution in [0.15, 0.2) is 35.4 Å². The van der Waals surface area contributed by atoms with Crippen molar-refractivity contribution in [3.63, 3.8) is 0 Å². The van der Waals surface area contributed by atoms with Gasteiger partial charge in [0.15, 0.2) is 16.6 Å². The summed E-state index contributed by atoms with van der Waals surface area (Å²) in [5, 5.41) is 8.09. The molecule has 138 valence electrons. The highest BCUT2D eigenvalue weighted by molar-refractivity contribution is 7.80. The molecule has 0 unspecified atom stereocenters. The highest BCUT2D eigenvalue weighted by Crippen LogP contribution is 2.37. The summed E-state index contributed by atoms with van der Waals surface area (Å²) < 4.78 is 15.9. The molecule has 0 aromatic heterocycles. The van der Waals surface area contributed by atoms with Crippen molar-refractivity contribution in [2.75, 3.05) is 26.6 Å². The molecule has 2 aromatic carbocycles. The highest BCUT2D eigenvalue weighted by atomic mass is 35.5. The van der Waals surface area contributed by atoms with Crippen molar-refractivity contribution in [2.24, 2.45) is 5.10 Å². The lowest BCUT2D eigenvalue weighted by Crippen LogP contribution is -2.24. The second-order valence-corrected chi connectivity index (χ2v) is 6.08. The molecule has 0 saturated carbocycles. The Labute approximate surface area is 167 Å². The number of hydrogen-bond acceptors (Lipinski definition) is 5. The van der Waals surface area contributed by atoms with Gasteiger partial charge >= 0.3 is 0 Å². The van der Waals surface area contributed by atoms with Gasteiger partial charge in [0.05, 0.1) is 43.3 Å². The van der Waals surface area contributed by atoms with E-state index in [2.05, 4.69) is 15.8 Å². The molecule has 2 aromatic rings. The van der Waals surface area contributed by atoms with Gasteiger partial charge in [-0.2, -0.15) is 5.10 Å². The molecule has 9 heteroatoms. The van der Waals surface area contributed by atoms with E-state index in [4.69, 9.17) is 49.6 Å². The fourth-order valence-electron chi connectivity index (χ4n) is 2.09. The van der Waals surface area contributed by atoms with Crippen LogP contribution in [0.2, 0.25) is 10.0 Å². The Kier molecular flexibility index (Phi) is 7.32. The molecule has 0 bridgehead atoms. The number of rotatable bonds is 6. The van der Waals surface area contributed by atoms with Crippen LogP contribution in [-0.4, -0.2) is 32.7 Å². The van der Waals surface area contributed by atoms with Crippen molar-refractivity contribution < 1.29 is 14.2 Å². The number of hydrazone groups is 1. The lowest BCUT2D eigenvalue weighted by molar-refractivity contribution is 0.324. The predicted molar refractivity (Wildman–Crippen MR) is 110 cm³/mol. The Morgan fingerprint density at radius 3 is 2.31 bits per heavy atom. The van der Waals surface area contributed by atoms with E-state index in [0.717, 1.165) is 5.56 Å². The van der Waals surface area contributed by atoms with Crippen LogP contribution in [0.4, 0.5) is 5.69 Å². The van der Waals surface area contributed by atoms with E-state index in [1.807, 2.05) is 0 Å². The largest absolute Gasteiger partial charge is 0.493 e. The third kappa shape index (κ3) is 4.91. The maximum atomic E-state index is 6.10. The van der Waals surface area contributed by atoms with E-state index in [-0.39, 0.29) is 5.11 Å². The van der Waals surface area contributed by atoms with E-state index in [1.54, 1.807) is 57.9 Å². The molecule has 0 saturated heterocycles. The first-order valence-electron chi connectivity index (χ1n) is 7.34. The van der Waals surface area contributed by atoms with E-state index < -0.39 is 0 Å². The number of benzene rings is 2. The minimum atomic E-state index is 0.262. The van der Waals surface area contributed by atoms with Crippen molar-refractivity contribution >= 4 is 52.4 Å². The smallest absolute Gasteiger partial charge is 0.203 e. The van der Waals surface area contributed by atoms with Gasteiger partial charge < -0.3 is 19.5 Å². The molecule has 0 radical (unpaired) electrons. The van der Waals surface area contributed by atoms with Gasteiger partial charge in [-0.3, -0.25) is 5.43 Å². The molecule has 2 N–H and O–H groups in total. The Morgan fingerprint density at radius 1 is 1.08 bits per heavy atom. The van der Waals surface area contributed by atoms with Gasteiger partial charge in [0.1, 0.15) is 0 Å². The summed E-state index contributed by atoms with van der Waals surface area (Å²) in [6.07, 6.45) is 1.57. The minimum absolute atomic E-state index is 0.262. The first-order valence-corrected chi connectivity index (χ1v) is 8.50. The third-order valence-corrected chi connectivity index (χ3v) is 4.28. The van der Waals surface area contributed by atoms with Gasteiger partial charge in [-0.1, -0.05) is 29.3 Å². The quantitative estimate of drug-likeness (QED) is 0.417. The molecule has 26 heavy (non-hydrogen) atoms. The second kappa shape index (κ2) is 9.47. The molecule has 0 spiro atoms. The summed E-state index contributed by atoms with van der Waals surface area (Å²) in [5.74, 6) is 1.56. The SMILES string of the molecule is COc1cc(C=NNC(=S)Nc2cccc(Cl)c2Cl)cc(OC)c1OC. The molecule has 0 fully saturated rings. The number of nitrogens with zero attached hydrogens (tertiary/aromatic N) is 1. The average molecular weight is 414 g/mol. The molecule has 2 rings (SSSR count). The van der Waals surface area contributed by atoms with Crippen LogP contribution < -0.4 is 25.0 Å². The van der Waals surface area contributed by atoms with Crippen LogP contribution in [0.3, 0.4) is 0 Å². The lowest BCUT2D eigenvalue weighted by Gasteiger charge is -2.12. The van der Waals surface area contributed by atoms with Gasteiger partial charge in [-0.15, -0.1) is 0 Å². The third-order valence-electron chi connectivity index (χ3n) is 3.27. The molecular weight excluding hydrogens is 397 g/mol. The minimum Gasteiger partial charge on any atom is -0.493 e. The van der Waals surface area contributed by atoms with Crippen molar-refractivity contribution in [3.8, 4) is 17.2 Å². The average Bonchev–Trinajstić information content (AvgIpc) is 2.64. The zero-order valence-corrected chi connectivity index (χ0v) is 16.6. The summed E-state index contributed by atoms with van der Waals surface area (Å²) in [6, 6.07) is 8.73. The first kappa shape index (κ1) is 20.1. The monoisotopic (exact) mass is 413 g/mol. The number of anilines is 1. The number of halogens is 2. The number of methoxy groups -OCH3 is 3. The summed E-state index contributed by atoms with van der Waals surface area (Å²) in [6.45, 7) is 0. The van der Waals surface area contributed by atoms with Crippen LogP contribution in [0.5, 0.6) is 17.2 Å². The van der Waals surface area contributed by atoms with Gasteiger partial charge in [-0.25, -0.2) is 0 Å². The van der Waals surface area contributed by atoms with Gasteiger partial charge in [-0.05, 0) is 36.5 Å². The Bertz CT molecular complexity index is 806. The first-order chi connectivity index (χ1) is 12.5.